The number of ether oxygens (including phenoxy) is 1. The minimum absolute atomic E-state index is 0. The van der Waals surface area contributed by atoms with Gasteiger partial charge in [-0.2, -0.15) is 0 Å². The molecule has 1 saturated heterocycles. The highest BCUT2D eigenvalue weighted by molar-refractivity contribution is 6.30. The van der Waals surface area contributed by atoms with Crippen LogP contribution in [0.15, 0.2) is 6.33 Å². The van der Waals surface area contributed by atoms with E-state index in [-0.39, 0.29) is 7.43 Å². The maximum absolute atomic E-state index is 5.91. The highest BCUT2D eigenvalue weighted by Gasteiger charge is 2.24. The van der Waals surface area contributed by atoms with E-state index >= 15 is 0 Å². The fraction of sp³-hybridized carbons (Fsp3) is 0.733. The largest absolute Gasteiger partial charge is 0.477 e. The van der Waals surface area contributed by atoms with Crippen molar-refractivity contribution in [1.82, 2.24) is 20.6 Å². The Hall–Kier alpha value is -0.910. The van der Waals surface area contributed by atoms with Gasteiger partial charge in [0.1, 0.15) is 11.5 Å². The second-order valence-corrected chi connectivity index (χ2v) is 5.21. The van der Waals surface area contributed by atoms with Gasteiger partial charge in [-0.25, -0.2) is 9.97 Å². The molecule has 0 radical (unpaired) electrons. The van der Waals surface area contributed by atoms with Gasteiger partial charge < -0.3 is 4.74 Å². The van der Waals surface area contributed by atoms with Gasteiger partial charge >= 0.3 is 0 Å². The van der Waals surface area contributed by atoms with E-state index in [0.717, 1.165) is 12.0 Å². The molecule has 2 heterocycles. The molecule has 5 nitrogen and oxygen atoms in total. The molecule has 1 aromatic rings. The molecule has 122 valence electrons. The van der Waals surface area contributed by atoms with Gasteiger partial charge in [-0.15, -0.1) is 0 Å². The summed E-state index contributed by atoms with van der Waals surface area (Å²) in [6.07, 6.45) is 3.27. The predicted octanol–water partition coefficient (Wildman–Crippen LogP) is 3.37. The van der Waals surface area contributed by atoms with E-state index in [9.17, 15) is 0 Å². The topological polar surface area (TPSA) is 59.1 Å². The maximum Gasteiger partial charge on any atom is 0.220 e. The van der Waals surface area contributed by atoms with Gasteiger partial charge in [-0.05, 0) is 26.2 Å². The Balaban J connectivity index is 0.00000128. The molecular weight excluding hydrogens is 288 g/mol. The van der Waals surface area contributed by atoms with Crippen molar-refractivity contribution in [1.29, 1.82) is 0 Å². The Bertz CT molecular complexity index is 411. The molecule has 1 aliphatic heterocycles. The zero-order valence-corrected chi connectivity index (χ0v) is 13.7. The van der Waals surface area contributed by atoms with Crippen LogP contribution in [0, 0.1) is 12.8 Å². The highest BCUT2D eigenvalue weighted by atomic mass is 35.5. The lowest BCUT2D eigenvalue weighted by atomic mass is 10.0. The van der Waals surface area contributed by atoms with E-state index in [1.54, 1.807) is 0 Å². The number of hydrogen-bond acceptors (Lipinski definition) is 5. The first-order valence-corrected chi connectivity index (χ1v) is 7.56. The summed E-state index contributed by atoms with van der Waals surface area (Å²) in [5.41, 5.74) is 0.792. The Morgan fingerprint density at radius 1 is 1.33 bits per heavy atom. The van der Waals surface area contributed by atoms with Crippen molar-refractivity contribution in [3.63, 3.8) is 0 Å². The first kappa shape index (κ1) is 20.1. The second kappa shape index (κ2) is 9.92. The predicted molar refractivity (Wildman–Crippen MR) is 88.7 cm³/mol. The lowest BCUT2D eigenvalue weighted by Crippen LogP contribution is -2.66. The van der Waals surface area contributed by atoms with Gasteiger partial charge in [-0.3, -0.25) is 10.6 Å². The third-order valence-electron chi connectivity index (χ3n) is 3.02. The van der Waals surface area contributed by atoms with Crippen molar-refractivity contribution in [2.75, 3.05) is 6.61 Å². The molecule has 0 aliphatic carbocycles. The number of halogens is 1. The van der Waals surface area contributed by atoms with Crippen molar-refractivity contribution in [2.45, 2.75) is 60.8 Å². The summed E-state index contributed by atoms with van der Waals surface area (Å²) in [4.78, 5) is 7.99. The molecule has 1 unspecified atom stereocenters. The number of hydrogen-bond donors (Lipinski definition) is 2. The average molecular weight is 317 g/mol. The van der Waals surface area contributed by atoms with E-state index in [2.05, 4.69) is 34.4 Å². The van der Waals surface area contributed by atoms with Crippen LogP contribution in [-0.4, -0.2) is 28.9 Å². The van der Waals surface area contributed by atoms with Crippen LogP contribution in [-0.2, 0) is 0 Å². The minimum atomic E-state index is 0. The van der Waals surface area contributed by atoms with Crippen LogP contribution >= 0.6 is 11.6 Å². The summed E-state index contributed by atoms with van der Waals surface area (Å²) in [6, 6.07) is 0. The van der Waals surface area contributed by atoms with E-state index in [1.807, 2.05) is 20.8 Å². The first-order chi connectivity index (χ1) is 9.56. The van der Waals surface area contributed by atoms with Gasteiger partial charge in [0.15, 0.2) is 0 Å². The molecule has 2 rings (SSSR count). The van der Waals surface area contributed by atoms with Crippen molar-refractivity contribution < 1.29 is 4.74 Å². The number of nitrogens with zero attached hydrogens (tertiary/aromatic N) is 2. The summed E-state index contributed by atoms with van der Waals surface area (Å²) < 4.78 is 5.68. The van der Waals surface area contributed by atoms with Crippen LogP contribution in [0.25, 0.3) is 0 Å². The van der Waals surface area contributed by atoms with Crippen LogP contribution < -0.4 is 15.4 Å². The summed E-state index contributed by atoms with van der Waals surface area (Å²) in [5.74, 6) is 1.01. The molecule has 0 amide bonds. The quantitative estimate of drug-likeness (QED) is 0.816. The molecule has 6 heteroatoms. The monoisotopic (exact) mass is 316 g/mol. The van der Waals surface area contributed by atoms with Crippen LogP contribution in [0.3, 0.4) is 0 Å². The van der Waals surface area contributed by atoms with E-state index in [1.165, 1.54) is 6.33 Å². The molecule has 0 spiro atoms. The molecule has 1 atom stereocenters. The second-order valence-electron chi connectivity index (χ2n) is 4.85. The third-order valence-corrected chi connectivity index (χ3v) is 3.40. The molecule has 0 aromatic carbocycles. The highest BCUT2D eigenvalue weighted by Crippen LogP contribution is 2.21. The number of nitrogens with one attached hydrogen (secondary N) is 2. The maximum atomic E-state index is 5.91. The Labute approximate surface area is 133 Å². The van der Waals surface area contributed by atoms with Crippen molar-refractivity contribution in [3.8, 4) is 5.88 Å². The van der Waals surface area contributed by atoms with Crippen LogP contribution in [0.1, 0.15) is 47.1 Å². The minimum Gasteiger partial charge on any atom is -0.477 e. The Kier molecular flexibility index (Phi) is 9.49. The smallest absolute Gasteiger partial charge is 0.220 e. The summed E-state index contributed by atoms with van der Waals surface area (Å²) in [7, 11) is 0. The molecule has 21 heavy (non-hydrogen) atoms. The zero-order valence-electron chi connectivity index (χ0n) is 12.9. The van der Waals surface area contributed by atoms with E-state index in [4.69, 9.17) is 16.3 Å². The van der Waals surface area contributed by atoms with Gasteiger partial charge in [-0.1, -0.05) is 39.8 Å². The lowest BCUT2D eigenvalue weighted by Gasteiger charge is -2.38. The van der Waals surface area contributed by atoms with Crippen molar-refractivity contribution in [3.05, 3.63) is 17.0 Å². The fourth-order valence-electron chi connectivity index (χ4n) is 1.99. The molecule has 2 N–H and O–H groups in total. The van der Waals surface area contributed by atoms with Crippen molar-refractivity contribution in [2.24, 2.45) is 5.92 Å². The third kappa shape index (κ3) is 6.16. The summed E-state index contributed by atoms with van der Waals surface area (Å²) in [5, 5.41) is 7.21. The standard InChI is InChI=1S/C12H19ClN4O.C2H6.CH4/c1-7(4-10-16-9(3)17-10)5-18-12-8(2)11(13)14-6-15-12;1-2;/h6-7,9-10,16-17H,4-5H2,1-3H3;1-2H3;1H4. The van der Waals surface area contributed by atoms with Gasteiger partial charge in [0.25, 0.3) is 0 Å². The molecule has 1 fully saturated rings. The van der Waals surface area contributed by atoms with Gasteiger partial charge in [0, 0.05) is 5.56 Å². The molecule has 0 saturated carbocycles. The Morgan fingerprint density at radius 3 is 2.52 bits per heavy atom. The molecular formula is C15H29ClN4O. The van der Waals surface area contributed by atoms with Gasteiger partial charge in [0.2, 0.25) is 5.88 Å². The van der Waals surface area contributed by atoms with Crippen LogP contribution in [0.2, 0.25) is 5.15 Å². The Morgan fingerprint density at radius 2 is 1.95 bits per heavy atom. The van der Waals surface area contributed by atoms with E-state index < -0.39 is 0 Å². The lowest BCUT2D eigenvalue weighted by molar-refractivity contribution is 0.155. The number of aromatic nitrogens is 2. The van der Waals surface area contributed by atoms with Crippen LogP contribution in [0.4, 0.5) is 0 Å². The van der Waals surface area contributed by atoms with E-state index in [0.29, 0.717) is 35.9 Å². The average Bonchev–Trinajstić information content (AvgIpc) is 2.41. The fourth-order valence-corrected chi connectivity index (χ4v) is 2.12. The van der Waals surface area contributed by atoms with Crippen LogP contribution in [0.5, 0.6) is 5.88 Å². The summed E-state index contributed by atoms with van der Waals surface area (Å²) in [6.45, 7) is 10.7. The first-order valence-electron chi connectivity index (χ1n) is 7.18. The van der Waals surface area contributed by atoms with Gasteiger partial charge in [0.05, 0.1) is 18.9 Å². The summed E-state index contributed by atoms with van der Waals surface area (Å²) >= 11 is 5.91. The SMILES string of the molecule is C.CC.Cc1c(Cl)ncnc1OCC(C)CC1NC(C)N1. The zero-order chi connectivity index (χ0) is 15.1. The molecule has 1 aromatic heterocycles. The molecule has 1 aliphatic rings. The molecule has 0 bridgehead atoms. The van der Waals surface area contributed by atoms with Crippen molar-refractivity contribution >= 4 is 11.6 Å². The number of rotatable bonds is 5. The normalized spacial score (nSPS) is 21.2.